The zero-order valence-corrected chi connectivity index (χ0v) is 11.2. The Morgan fingerprint density at radius 1 is 1.44 bits per heavy atom. The summed E-state index contributed by atoms with van der Waals surface area (Å²) in [7, 11) is 0. The molecule has 0 amide bonds. The Hall–Kier alpha value is -0.720. The van der Waals surface area contributed by atoms with Crippen molar-refractivity contribution in [1.29, 1.82) is 0 Å². The lowest BCUT2D eigenvalue weighted by Gasteiger charge is -1.95. The van der Waals surface area contributed by atoms with Crippen LogP contribution < -0.4 is 5.73 Å². The highest BCUT2D eigenvalue weighted by Crippen LogP contribution is 2.22. The minimum atomic E-state index is 0.699. The number of rotatable bonds is 5. The lowest BCUT2D eigenvalue weighted by atomic mass is 10.2. The molecule has 16 heavy (non-hydrogen) atoms. The van der Waals surface area contributed by atoms with E-state index in [0.29, 0.717) is 6.54 Å². The summed E-state index contributed by atoms with van der Waals surface area (Å²) < 4.78 is 3.01. The topological polar surface area (TPSA) is 56.7 Å². The predicted octanol–water partition coefficient (Wildman–Crippen LogP) is 2.04. The minimum Gasteiger partial charge on any atom is -0.330 e. The monoisotopic (exact) mass is 300 g/mol. The number of hydrogen-bond acceptors (Lipinski definition) is 4. The second-order valence-electron chi connectivity index (χ2n) is 3.51. The van der Waals surface area contributed by atoms with Gasteiger partial charge in [0, 0.05) is 11.1 Å². The third kappa shape index (κ3) is 3.13. The molecule has 0 aliphatic carbocycles. The molecule has 2 N–H and O–H groups in total. The van der Waals surface area contributed by atoms with Gasteiger partial charge in [0.05, 0.1) is 16.0 Å². The molecule has 0 aliphatic heterocycles. The second kappa shape index (κ2) is 5.56. The average Bonchev–Trinajstić information content (AvgIpc) is 2.86. The first-order chi connectivity index (χ1) is 7.78. The Bertz CT molecular complexity index is 451. The third-order valence-electron chi connectivity index (χ3n) is 2.17. The van der Waals surface area contributed by atoms with E-state index in [1.54, 1.807) is 11.3 Å². The van der Waals surface area contributed by atoms with Gasteiger partial charge in [-0.15, -0.1) is 16.4 Å². The highest BCUT2D eigenvalue weighted by Gasteiger charge is 2.03. The fourth-order valence-electron chi connectivity index (χ4n) is 1.41. The van der Waals surface area contributed by atoms with Gasteiger partial charge in [0.2, 0.25) is 0 Å². The van der Waals surface area contributed by atoms with Gasteiger partial charge in [-0.25, -0.2) is 4.68 Å². The van der Waals surface area contributed by atoms with E-state index in [1.165, 1.54) is 4.88 Å². The average molecular weight is 301 g/mol. The van der Waals surface area contributed by atoms with Gasteiger partial charge in [0.1, 0.15) is 0 Å². The molecule has 0 saturated heterocycles. The van der Waals surface area contributed by atoms with E-state index in [9.17, 15) is 0 Å². The van der Waals surface area contributed by atoms with Crippen molar-refractivity contribution in [3.8, 4) is 0 Å². The van der Waals surface area contributed by atoms with E-state index in [-0.39, 0.29) is 0 Å². The first kappa shape index (κ1) is 11.8. The summed E-state index contributed by atoms with van der Waals surface area (Å²) in [5, 5.41) is 8.20. The fraction of sp³-hybridized carbons (Fsp3) is 0.400. The smallest absolute Gasteiger partial charge is 0.0827 e. The highest BCUT2D eigenvalue weighted by atomic mass is 79.9. The second-order valence-corrected chi connectivity index (χ2v) is 6.05. The molecule has 0 atom stereocenters. The third-order valence-corrected chi connectivity index (χ3v) is 3.78. The van der Waals surface area contributed by atoms with Crippen molar-refractivity contribution >= 4 is 27.3 Å². The van der Waals surface area contributed by atoms with Crippen molar-refractivity contribution in [2.45, 2.75) is 19.4 Å². The van der Waals surface area contributed by atoms with E-state index in [1.807, 2.05) is 16.9 Å². The number of halogens is 1. The molecule has 6 heteroatoms. The number of aryl methyl sites for hydroxylation is 1. The van der Waals surface area contributed by atoms with Crippen LogP contribution in [0.25, 0.3) is 0 Å². The number of aromatic nitrogens is 3. The van der Waals surface area contributed by atoms with Crippen molar-refractivity contribution in [2.24, 2.45) is 5.73 Å². The van der Waals surface area contributed by atoms with Gasteiger partial charge >= 0.3 is 0 Å². The van der Waals surface area contributed by atoms with Gasteiger partial charge in [-0.2, -0.15) is 0 Å². The summed E-state index contributed by atoms with van der Waals surface area (Å²) in [4.78, 5) is 1.27. The molecule has 0 unspecified atom stereocenters. The summed E-state index contributed by atoms with van der Waals surface area (Å²) >= 11 is 5.16. The van der Waals surface area contributed by atoms with E-state index in [2.05, 4.69) is 32.3 Å². The van der Waals surface area contributed by atoms with Gasteiger partial charge < -0.3 is 5.73 Å². The van der Waals surface area contributed by atoms with E-state index in [0.717, 1.165) is 28.9 Å². The number of thiophene rings is 1. The van der Waals surface area contributed by atoms with E-state index >= 15 is 0 Å². The van der Waals surface area contributed by atoms with Crippen LogP contribution in [0.5, 0.6) is 0 Å². The van der Waals surface area contributed by atoms with Crippen LogP contribution in [0, 0.1) is 0 Å². The first-order valence-electron chi connectivity index (χ1n) is 5.11. The van der Waals surface area contributed by atoms with Gasteiger partial charge in [0.25, 0.3) is 0 Å². The Morgan fingerprint density at radius 3 is 3.00 bits per heavy atom. The molecular weight excluding hydrogens is 288 g/mol. The molecule has 2 heterocycles. The van der Waals surface area contributed by atoms with Crippen LogP contribution >= 0.6 is 27.3 Å². The van der Waals surface area contributed by atoms with Crippen LogP contribution in [0.2, 0.25) is 0 Å². The summed E-state index contributed by atoms with van der Waals surface area (Å²) in [5.41, 5.74) is 6.47. The normalized spacial score (nSPS) is 10.9. The van der Waals surface area contributed by atoms with Gasteiger partial charge in [-0.1, -0.05) is 5.21 Å². The Kier molecular flexibility index (Phi) is 4.09. The minimum absolute atomic E-state index is 0.699. The maximum absolute atomic E-state index is 5.45. The van der Waals surface area contributed by atoms with Gasteiger partial charge in [0.15, 0.2) is 0 Å². The predicted molar refractivity (Wildman–Crippen MR) is 68.5 cm³/mol. The maximum atomic E-state index is 5.45. The Morgan fingerprint density at radius 2 is 2.31 bits per heavy atom. The molecule has 0 saturated carbocycles. The van der Waals surface area contributed by atoms with Crippen LogP contribution in [0.1, 0.15) is 17.0 Å². The van der Waals surface area contributed by atoms with Gasteiger partial charge in [-0.3, -0.25) is 0 Å². The van der Waals surface area contributed by atoms with Crippen LogP contribution in [0.4, 0.5) is 0 Å². The van der Waals surface area contributed by atoms with E-state index < -0.39 is 0 Å². The lowest BCUT2D eigenvalue weighted by molar-refractivity contribution is 0.655. The lowest BCUT2D eigenvalue weighted by Crippen LogP contribution is -2.00. The highest BCUT2D eigenvalue weighted by molar-refractivity contribution is 9.11. The molecule has 4 nitrogen and oxygen atoms in total. The van der Waals surface area contributed by atoms with Crippen LogP contribution in [0.3, 0.4) is 0 Å². The molecule has 2 rings (SSSR count). The summed E-state index contributed by atoms with van der Waals surface area (Å²) in [6.07, 6.45) is 3.86. The first-order valence-corrected chi connectivity index (χ1v) is 6.72. The number of nitrogens with two attached hydrogens (primary N) is 1. The van der Waals surface area contributed by atoms with Crippen molar-refractivity contribution in [3.63, 3.8) is 0 Å². The standard InChI is InChI=1S/C10H13BrN4S/c11-10-4-3-9(16-10)7-15-6-8(13-14-15)2-1-5-12/h3-4,6H,1-2,5,7,12H2. The molecule has 0 radical (unpaired) electrons. The number of nitrogens with zero attached hydrogens (tertiary/aromatic N) is 3. The molecule has 0 aliphatic rings. The summed E-state index contributed by atoms with van der Waals surface area (Å²) in [6, 6.07) is 4.14. The summed E-state index contributed by atoms with van der Waals surface area (Å²) in [5.74, 6) is 0. The van der Waals surface area contributed by atoms with Crippen molar-refractivity contribution in [3.05, 3.63) is 32.7 Å². The van der Waals surface area contributed by atoms with Crippen LogP contribution in [-0.2, 0) is 13.0 Å². The Balaban J connectivity index is 1.97. The molecule has 2 aromatic rings. The molecule has 0 aromatic carbocycles. The van der Waals surface area contributed by atoms with Crippen LogP contribution in [-0.4, -0.2) is 21.5 Å². The largest absolute Gasteiger partial charge is 0.330 e. The molecule has 0 spiro atoms. The quantitative estimate of drug-likeness (QED) is 0.919. The Labute approximate surface area is 107 Å². The molecule has 86 valence electrons. The molecule has 0 fully saturated rings. The SMILES string of the molecule is NCCCc1cn(Cc2ccc(Br)s2)nn1. The zero-order valence-electron chi connectivity index (χ0n) is 8.77. The summed E-state index contributed by atoms with van der Waals surface area (Å²) in [6.45, 7) is 1.48. The van der Waals surface area contributed by atoms with Gasteiger partial charge in [-0.05, 0) is 47.4 Å². The fourth-order valence-corrected chi connectivity index (χ4v) is 2.89. The van der Waals surface area contributed by atoms with Crippen molar-refractivity contribution in [1.82, 2.24) is 15.0 Å². The number of hydrogen-bond donors (Lipinski definition) is 1. The zero-order chi connectivity index (χ0) is 11.4. The molecule has 0 bridgehead atoms. The maximum Gasteiger partial charge on any atom is 0.0827 e. The van der Waals surface area contributed by atoms with Crippen molar-refractivity contribution < 1.29 is 0 Å². The molecule has 2 aromatic heterocycles. The van der Waals surface area contributed by atoms with Crippen LogP contribution in [0.15, 0.2) is 22.1 Å². The van der Waals surface area contributed by atoms with Crippen molar-refractivity contribution in [2.75, 3.05) is 6.54 Å². The molecular formula is C10H13BrN4S. The van der Waals surface area contributed by atoms with E-state index in [4.69, 9.17) is 5.73 Å².